The maximum absolute atomic E-state index is 12.5. The average molecular weight is 450 g/mol. The fraction of sp³-hybridized carbons (Fsp3) is 0.111. The molecule has 3 rings (SSSR count). The number of aromatic amines is 1. The number of fused-ring (bicyclic) bond motifs is 1. The molecule has 2 aromatic carbocycles. The van der Waals surface area contributed by atoms with E-state index in [4.69, 9.17) is 4.74 Å². The maximum Gasteiger partial charge on any atom is 0.359 e. The number of nitrogens with zero attached hydrogens (tertiary/aromatic N) is 1. The van der Waals surface area contributed by atoms with E-state index in [1.165, 1.54) is 19.2 Å². The molecule has 7 nitrogen and oxygen atoms in total. The Morgan fingerprint density at radius 2 is 1.89 bits per heavy atom. The molecular weight excluding hydrogens is 434 g/mol. The molecule has 0 fully saturated rings. The summed E-state index contributed by atoms with van der Waals surface area (Å²) < 4.78 is 30.5. The van der Waals surface area contributed by atoms with Crippen LogP contribution in [-0.2, 0) is 19.6 Å². The number of esters is 1. The predicted octanol–water partition coefficient (Wildman–Crippen LogP) is 3.09. The van der Waals surface area contributed by atoms with Crippen LogP contribution in [-0.4, -0.2) is 32.2 Å². The van der Waals surface area contributed by atoms with Crippen molar-refractivity contribution in [3.8, 4) is 0 Å². The first-order valence-electron chi connectivity index (χ1n) is 7.84. The van der Waals surface area contributed by atoms with Crippen LogP contribution in [0, 0.1) is 6.92 Å². The number of H-pyrrole nitrogens is 1. The summed E-state index contributed by atoms with van der Waals surface area (Å²) in [5.41, 5.74) is 1.94. The van der Waals surface area contributed by atoms with Crippen molar-refractivity contribution >= 4 is 48.5 Å². The maximum atomic E-state index is 12.5. The Labute approximate surface area is 164 Å². The number of sulfonamides is 1. The second-order valence-electron chi connectivity index (χ2n) is 5.72. The van der Waals surface area contributed by atoms with E-state index in [2.05, 4.69) is 30.8 Å². The molecule has 3 aromatic rings. The van der Waals surface area contributed by atoms with Gasteiger partial charge in [-0.2, -0.15) is 18.4 Å². The lowest BCUT2D eigenvalue weighted by molar-refractivity contribution is -0.132. The van der Waals surface area contributed by atoms with Crippen LogP contribution >= 0.6 is 15.9 Å². The number of hydrazone groups is 1. The van der Waals surface area contributed by atoms with E-state index >= 15 is 0 Å². The van der Waals surface area contributed by atoms with Crippen LogP contribution in [0.5, 0.6) is 0 Å². The van der Waals surface area contributed by atoms with Crippen molar-refractivity contribution in [2.24, 2.45) is 5.10 Å². The average Bonchev–Trinajstić information content (AvgIpc) is 3.07. The zero-order valence-electron chi connectivity index (χ0n) is 14.5. The van der Waals surface area contributed by atoms with Crippen molar-refractivity contribution in [2.75, 3.05) is 7.11 Å². The highest BCUT2D eigenvalue weighted by Gasteiger charge is 2.22. The van der Waals surface area contributed by atoms with Gasteiger partial charge in [-0.3, -0.25) is 0 Å². The van der Waals surface area contributed by atoms with Crippen LogP contribution in [0.3, 0.4) is 0 Å². The number of carbonyl (C=O) groups is 1. The highest BCUT2D eigenvalue weighted by molar-refractivity contribution is 9.10. The first kappa shape index (κ1) is 19.1. The molecule has 0 aliphatic carbocycles. The fourth-order valence-electron chi connectivity index (χ4n) is 2.52. The van der Waals surface area contributed by atoms with Gasteiger partial charge in [-0.15, -0.1) is 0 Å². The van der Waals surface area contributed by atoms with Crippen molar-refractivity contribution < 1.29 is 17.9 Å². The van der Waals surface area contributed by atoms with Crippen molar-refractivity contribution in [1.29, 1.82) is 0 Å². The molecule has 0 saturated heterocycles. The molecule has 0 aliphatic heterocycles. The number of halogens is 1. The molecule has 0 amide bonds. The van der Waals surface area contributed by atoms with Crippen molar-refractivity contribution in [3.63, 3.8) is 0 Å². The number of rotatable bonds is 5. The molecule has 0 unspecified atom stereocenters. The van der Waals surface area contributed by atoms with Gasteiger partial charge in [0.25, 0.3) is 10.0 Å². The molecule has 0 spiro atoms. The molecule has 0 radical (unpaired) electrons. The number of benzene rings is 2. The molecule has 0 saturated carbocycles. The summed E-state index contributed by atoms with van der Waals surface area (Å²) in [6.45, 7) is 1.85. The molecule has 1 aromatic heterocycles. The van der Waals surface area contributed by atoms with Crippen molar-refractivity contribution in [1.82, 2.24) is 9.82 Å². The number of aryl methyl sites for hydroxylation is 1. The largest absolute Gasteiger partial charge is 0.464 e. The second-order valence-corrected chi connectivity index (χ2v) is 8.24. The third-order valence-corrected chi connectivity index (χ3v) is 5.78. The lowest BCUT2D eigenvalue weighted by Gasteiger charge is -2.07. The minimum absolute atomic E-state index is 0.0428. The van der Waals surface area contributed by atoms with Gasteiger partial charge in [0.15, 0.2) is 5.71 Å². The Bertz CT molecular complexity index is 1140. The number of nitrogens with one attached hydrogen (secondary N) is 2. The van der Waals surface area contributed by atoms with E-state index in [0.29, 0.717) is 10.9 Å². The van der Waals surface area contributed by atoms with Crippen LogP contribution in [0.4, 0.5) is 0 Å². The smallest absolute Gasteiger partial charge is 0.359 e. The Balaban J connectivity index is 2.05. The summed E-state index contributed by atoms with van der Waals surface area (Å²) in [6.07, 6.45) is 1.57. The zero-order chi connectivity index (χ0) is 19.6. The van der Waals surface area contributed by atoms with Gasteiger partial charge in [0.05, 0.1) is 12.0 Å². The number of methoxy groups -OCH3 is 1. The summed E-state index contributed by atoms with van der Waals surface area (Å²) in [7, 11) is -2.73. The third-order valence-electron chi connectivity index (χ3n) is 3.90. The van der Waals surface area contributed by atoms with Crippen molar-refractivity contribution in [3.05, 3.63) is 64.3 Å². The number of hydrogen-bond donors (Lipinski definition) is 2. The van der Waals surface area contributed by atoms with Crippen LogP contribution < -0.4 is 4.83 Å². The molecular formula is C18H16BrN3O4S. The van der Waals surface area contributed by atoms with Gasteiger partial charge in [0.2, 0.25) is 0 Å². The quantitative estimate of drug-likeness (QED) is 0.355. The molecule has 9 heteroatoms. The first-order valence-corrected chi connectivity index (χ1v) is 10.1. The molecule has 0 atom stereocenters. The van der Waals surface area contributed by atoms with Gasteiger partial charge in [-0.05, 0) is 31.2 Å². The van der Waals surface area contributed by atoms with Crippen LogP contribution in [0.1, 0.15) is 11.1 Å². The molecule has 140 valence electrons. The first-order chi connectivity index (χ1) is 12.8. The molecule has 0 aliphatic rings. The Kier molecular flexibility index (Phi) is 5.33. The zero-order valence-corrected chi connectivity index (χ0v) is 16.9. The number of hydrogen-bond acceptors (Lipinski definition) is 5. The Morgan fingerprint density at radius 1 is 1.19 bits per heavy atom. The molecule has 27 heavy (non-hydrogen) atoms. The molecule has 0 bridgehead atoms. The van der Waals surface area contributed by atoms with E-state index in [1.54, 1.807) is 18.3 Å². The fourth-order valence-corrected chi connectivity index (χ4v) is 3.91. The van der Waals surface area contributed by atoms with Gasteiger partial charge in [-0.25, -0.2) is 4.79 Å². The SMILES string of the molecule is COC(=O)/C(=N\NS(=O)(=O)c1ccc(C)cc1)c1c[nH]c2cccc(Br)c12. The topological polar surface area (TPSA) is 101 Å². The van der Waals surface area contributed by atoms with Crippen LogP contribution in [0.25, 0.3) is 10.9 Å². The van der Waals surface area contributed by atoms with Gasteiger partial charge >= 0.3 is 5.97 Å². The van der Waals surface area contributed by atoms with Crippen molar-refractivity contribution in [2.45, 2.75) is 11.8 Å². The van der Waals surface area contributed by atoms with E-state index in [9.17, 15) is 13.2 Å². The van der Waals surface area contributed by atoms with Crippen LogP contribution in [0.2, 0.25) is 0 Å². The highest BCUT2D eigenvalue weighted by atomic mass is 79.9. The number of aromatic nitrogens is 1. The summed E-state index contributed by atoms with van der Waals surface area (Å²) in [6, 6.07) is 11.8. The molecule has 2 N–H and O–H groups in total. The number of ether oxygens (including phenoxy) is 1. The van der Waals surface area contributed by atoms with Gasteiger partial charge in [-0.1, -0.05) is 39.7 Å². The summed E-state index contributed by atoms with van der Waals surface area (Å²) >= 11 is 3.43. The molecule has 1 heterocycles. The monoisotopic (exact) mass is 449 g/mol. The Morgan fingerprint density at radius 3 is 2.56 bits per heavy atom. The van der Waals surface area contributed by atoms with Crippen LogP contribution in [0.15, 0.2) is 63.1 Å². The second kappa shape index (κ2) is 7.53. The summed E-state index contributed by atoms with van der Waals surface area (Å²) in [5.74, 6) is -0.766. The number of carbonyl (C=O) groups excluding carboxylic acids is 1. The minimum Gasteiger partial charge on any atom is -0.464 e. The standard InChI is InChI=1S/C18H16BrN3O4S/c1-11-6-8-12(9-7-11)27(24,25)22-21-17(18(23)26-2)13-10-20-15-5-3-4-14(19)16(13)15/h3-10,20,22H,1-2H3/b21-17-. The Hall–Kier alpha value is -2.65. The van der Waals surface area contributed by atoms with E-state index < -0.39 is 16.0 Å². The van der Waals surface area contributed by atoms with E-state index in [-0.39, 0.29) is 10.6 Å². The minimum atomic E-state index is -3.94. The summed E-state index contributed by atoms with van der Waals surface area (Å²) in [4.78, 5) is 17.4. The lowest BCUT2D eigenvalue weighted by atomic mass is 10.1. The van der Waals surface area contributed by atoms with Gasteiger partial charge in [0.1, 0.15) is 0 Å². The lowest BCUT2D eigenvalue weighted by Crippen LogP contribution is -2.25. The van der Waals surface area contributed by atoms with E-state index in [1.807, 2.05) is 25.1 Å². The van der Waals surface area contributed by atoms with E-state index in [0.717, 1.165) is 15.6 Å². The third kappa shape index (κ3) is 3.88. The highest BCUT2D eigenvalue weighted by Crippen LogP contribution is 2.27. The van der Waals surface area contributed by atoms with Gasteiger partial charge < -0.3 is 9.72 Å². The van der Waals surface area contributed by atoms with Gasteiger partial charge in [0, 0.05) is 27.1 Å². The summed E-state index contributed by atoms with van der Waals surface area (Å²) in [5, 5.41) is 4.55. The normalized spacial score (nSPS) is 12.2. The predicted molar refractivity (Wildman–Crippen MR) is 106 cm³/mol.